The standard InChI is InChI=1S/C21H17N5O/c27-21(26-23-12-14-11-22-18-8-4-3-6-15(14)18)20-17-10-9-13-5-1-2-7-16(13)19(17)24-25-20/h1-8,11-12,22H,9-10H2,(H,24,25)(H,26,27)/b23-12+. The molecule has 2 aromatic heterocycles. The second kappa shape index (κ2) is 6.25. The zero-order valence-corrected chi connectivity index (χ0v) is 14.5. The van der Waals surface area contributed by atoms with Crippen molar-refractivity contribution in [3.05, 3.63) is 77.1 Å². The van der Waals surface area contributed by atoms with Gasteiger partial charge in [-0.2, -0.15) is 10.2 Å². The summed E-state index contributed by atoms with van der Waals surface area (Å²) in [7, 11) is 0. The van der Waals surface area contributed by atoms with Crippen LogP contribution in [0.25, 0.3) is 22.2 Å². The third-order valence-corrected chi connectivity index (χ3v) is 5.00. The van der Waals surface area contributed by atoms with E-state index < -0.39 is 0 Å². The van der Waals surface area contributed by atoms with Crippen molar-refractivity contribution in [3.8, 4) is 11.3 Å². The minimum Gasteiger partial charge on any atom is -0.361 e. The highest BCUT2D eigenvalue weighted by atomic mass is 16.2. The molecule has 1 amide bonds. The molecule has 0 saturated heterocycles. The van der Waals surface area contributed by atoms with Crippen LogP contribution in [0.1, 0.15) is 27.2 Å². The van der Waals surface area contributed by atoms with Gasteiger partial charge in [-0.1, -0.05) is 42.5 Å². The topological polar surface area (TPSA) is 85.9 Å². The summed E-state index contributed by atoms with van der Waals surface area (Å²) in [6.07, 6.45) is 5.21. The SMILES string of the molecule is O=C(N/N=C/c1c[nH]c2ccccc12)c1[nH]nc2c1CCc1ccccc1-2. The Bertz CT molecular complexity index is 1180. The maximum absolute atomic E-state index is 12.6. The van der Waals surface area contributed by atoms with Crippen molar-refractivity contribution >= 4 is 23.0 Å². The third-order valence-electron chi connectivity index (χ3n) is 5.00. The van der Waals surface area contributed by atoms with Gasteiger partial charge < -0.3 is 4.98 Å². The summed E-state index contributed by atoms with van der Waals surface area (Å²) in [4.78, 5) is 15.8. The Morgan fingerprint density at radius 2 is 1.96 bits per heavy atom. The summed E-state index contributed by atoms with van der Waals surface area (Å²) in [5.74, 6) is -0.278. The van der Waals surface area contributed by atoms with Crippen molar-refractivity contribution < 1.29 is 4.79 Å². The largest absolute Gasteiger partial charge is 0.361 e. The summed E-state index contributed by atoms with van der Waals surface area (Å²) < 4.78 is 0. The van der Waals surface area contributed by atoms with Crippen LogP contribution in [0.15, 0.2) is 59.8 Å². The number of nitrogens with zero attached hydrogens (tertiary/aromatic N) is 2. The number of hydrogen-bond donors (Lipinski definition) is 3. The third kappa shape index (κ3) is 2.62. The first kappa shape index (κ1) is 15.6. The molecule has 2 aromatic carbocycles. The number of aromatic amines is 2. The number of hydrogen-bond acceptors (Lipinski definition) is 3. The number of nitrogens with one attached hydrogen (secondary N) is 3. The van der Waals surface area contributed by atoms with E-state index in [0.29, 0.717) is 5.69 Å². The van der Waals surface area contributed by atoms with E-state index in [1.54, 1.807) is 6.21 Å². The molecule has 0 spiro atoms. The number of rotatable bonds is 3. The van der Waals surface area contributed by atoms with Gasteiger partial charge in [-0.3, -0.25) is 9.89 Å². The van der Waals surface area contributed by atoms with E-state index in [4.69, 9.17) is 0 Å². The first-order valence-corrected chi connectivity index (χ1v) is 8.86. The Morgan fingerprint density at radius 3 is 2.93 bits per heavy atom. The zero-order chi connectivity index (χ0) is 18.2. The van der Waals surface area contributed by atoms with Crippen molar-refractivity contribution in [2.45, 2.75) is 12.8 Å². The Morgan fingerprint density at radius 1 is 1.11 bits per heavy atom. The number of aryl methyl sites for hydroxylation is 1. The molecule has 1 aliphatic carbocycles. The van der Waals surface area contributed by atoms with Crippen LogP contribution in [0.4, 0.5) is 0 Å². The van der Waals surface area contributed by atoms with Crippen molar-refractivity contribution in [2.75, 3.05) is 0 Å². The van der Waals surface area contributed by atoms with E-state index in [1.165, 1.54) is 5.56 Å². The van der Waals surface area contributed by atoms with Gasteiger partial charge in [0.15, 0.2) is 0 Å². The number of carbonyl (C=O) groups excluding carboxylic acids is 1. The average molecular weight is 355 g/mol. The Labute approximate surface area is 155 Å². The highest BCUT2D eigenvalue weighted by Crippen LogP contribution is 2.33. The van der Waals surface area contributed by atoms with Gasteiger partial charge >= 0.3 is 0 Å². The lowest BCUT2D eigenvalue weighted by Gasteiger charge is -2.15. The second-order valence-corrected chi connectivity index (χ2v) is 6.57. The molecular weight excluding hydrogens is 338 g/mol. The fourth-order valence-electron chi connectivity index (χ4n) is 3.67. The maximum atomic E-state index is 12.6. The number of carbonyl (C=O) groups is 1. The summed E-state index contributed by atoms with van der Waals surface area (Å²) in [6.45, 7) is 0. The fourth-order valence-corrected chi connectivity index (χ4v) is 3.67. The highest BCUT2D eigenvalue weighted by Gasteiger charge is 2.24. The lowest BCUT2D eigenvalue weighted by Crippen LogP contribution is -2.20. The molecule has 3 N–H and O–H groups in total. The zero-order valence-electron chi connectivity index (χ0n) is 14.5. The van der Waals surface area contributed by atoms with Gasteiger partial charge in [0, 0.05) is 33.8 Å². The number of amides is 1. The van der Waals surface area contributed by atoms with Gasteiger partial charge in [-0.25, -0.2) is 5.43 Å². The smallest absolute Gasteiger partial charge is 0.289 e. The number of fused-ring (bicyclic) bond motifs is 4. The second-order valence-electron chi connectivity index (χ2n) is 6.57. The summed E-state index contributed by atoms with van der Waals surface area (Å²) in [5.41, 5.74) is 9.22. The quantitative estimate of drug-likeness (QED) is 0.388. The molecule has 1 aliphatic rings. The molecule has 0 fully saturated rings. The van der Waals surface area contributed by atoms with Crippen LogP contribution in [0.5, 0.6) is 0 Å². The lowest BCUT2D eigenvalue weighted by molar-refractivity contribution is 0.0949. The molecule has 0 bridgehead atoms. The molecule has 132 valence electrons. The van der Waals surface area contributed by atoms with Crippen LogP contribution in [0.2, 0.25) is 0 Å². The monoisotopic (exact) mass is 355 g/mol. The highest BCUT2D eigenvalue weighted by molar-refractivity contribution is 6.00. The van der Waals surface area contributed by atoms with Crippen molar-refractivity contribution in [1.29, 1.82) is 0 Å². The first-order chi connectivity index (χ1) is 13.3. The van der Waals surface area contributed by atoms with Gasteiger partial charge in [0.2, 0.25) is 0 Å². The normalized spacial score (nSPS) is 12.9. The fraction of sp³-hybridized carbons (Fsp3) is 0.0952. The van der Waals surface area contributed by atoms with E-state index in [9.17, 15) is 4.79 Å². The molecule has 0 saturated carbocycles. The minimum atomic E-state index is -0.278. The number of para-hydroxylation sites is 1. The van der Waals surface area contributed by atoms with Gasteiger partial charge in [-0.05, 0) is 24.5 Å². The van der Waals surface area contributed by atoms with Crippen LogP contribution in [-0.4, -0.2) is 27.3 Å². The van der Waals surface area contributed by atoms with Crippen molar-refractivity contribution in [2.24, 2.45) is 5.10 Å². The summed E-state index contributed by atoms with van der Waals surface area (Å²) in [5, 5.41) is 12.4. The van der Waals surface area contributed by atoms with Crippen molar-refractivity contribution in [1.82, 2.24) is 20.6 Å². The number of hydrazone groups is 1. The Balaban J connectivity index is 1.38. The van der Waals surface area contributed by atoms with E-state index >= 15 is 0 Å². The molecule has 6 nitrogen and oxygen atoms in total. The first-order valence-electron chi connectivity index (χ1n) is 8.86. The number of H-pyrrole nitrogens is 2. The predicted octanol–water partition coefficient (Wildman–Crippen LogP) is 3.42. The minimum absolute atomic E-state index is 0.278. The molecule has 0 unspecified atom stereocenters. The van der Waals surface area contributed by atoms with Crippen LogP contribution in [0.3, 0.4) is 0 Å². The van der Waals surface area contributed by atoms with E-state index in [0.717, 1.165) is 46.1 Å². The van der Waals surface area contributed by atoms with Gasteiger partial charge in [-0.15, -0.1) is 0 Å². The number of benzene rings is 2. The number of aromatic nitrogens is 3. The molecule has 6 heteroatoms. The Hall–Kier alpha value is -3.67. The van der Waals surface area contributed by atoms with Crippen LogP contribution in [-0.2, 0) is 12.8 Å². The van der Waals surface area contributed by atoms with E-state index in [-0.39, 0.29) is 5.91 Å². The molecule has 0 atom stereocenters. The van der Waals surface area contributed by atoms with Crippen LogP contribution in [0, 0.1) is 0 Å². The average Bonchev–Trinajstić information content (AvgIpc) is 3.32. The van der Waals surface area contributed by atoms with Crippen LogP contribution < -0.4 is 5.43 Å². The summed E-state index contributed by atoms with van der Waals surface area (Å²) >= 11 is 0. The molecule has 27 heavy (non-hydrogen) atoms. The molecule has 4 aromatic rings. The van der Waals surface area contributed by atoms with Gasteiger partial charge in [0.05, 0.1) is 11.9 Å². The van der Waals surface area contributed by atoms with E-state index in [2.05, 4.69) is 31.8 Å². The molecule has 2 heterocycles. The van der Waals surface area contributed by atoms with Crippen molar-refractivity contribution in [3.63, 3.8) is 0 Å². The van der Waals surface area contributed by atoms with Crippen LogP contribution >= 0.6 is 0 Å². The molecule has 0 aliphatic heterocycles. The maximum Gasteiger partial charge on any atom is 0.289 e. The predicted molar refractivity (Wildman–Crippen MR) is 105 cm³/mol. The Kier molecular flexibility index (Phi) is 3.60. The van der Waals surface area contributed by atoms with Gasteiger partial charge in [0.25, 0.3) is 5.91 Å². The lowest BCUT2D eigenvalue weighted by atomic mass is 9.89. The summed E-state index contributed by atoms with van der Waals surface area (Å²) in [6, 6.07) is 16.1. The molecule has 5 rings (SSSR count). The van der Waals surface area contributed by atoms with Gasteiger partial charge in [0.1, 0.15) is 5.69 Å². The molecular formula is C21H17N5O. The van der Waals surface area contributed by atoms with E-state index in [1.807, 2.05) is 48.7 Å². The molecule has 0 radical (unpaired) electrons.